The first-order valence-electron chi connectivity index (χ1n) is 9.76. The average Bonchev–Trinajstić information content (AvgIpc) is 3.39. The number of fused-ring (bicyclic) bond motifs is 1. The van der Waals surface area contributed by atoms with Crippen molar-refractivity contribution < 1.29 is 22.3 Å². The molecule has 0 amide bonds. The molecule has 4 unspecified atom stereocenters. The molecule has 0 spiro atoms. The quantitative estimate of drug-likeness (QED) is 0.603. The number of likely N-dealkylation sites (tertiary alicyclic amines) is 1. The van der Waals surface area contributed by atoms with E-state index in [1.807, 2.05) is 0 Å². The van der Waals surface area contributed by atoms with Crippen molar-refractivity contribution in [2.75, 3.05) is 19.6 Å². The fraction of sp³-hybridized carbons (Fsp3) is 0.667. The summed E-state index contributed by atoms with van der Waals surface area (Å²) in [5.74, 6) is -2.14. The van der Waals surface area contributed by atoms with Crippen LogP contribution in [0.25, 0.3) is 5.70 Å². The second kappa shape index (κ2) is 7.20. The van der Waals surface area contributed by atoms with Crippen molar-refractivity contribution in [1.29, 1.82) is 0 Å². The molecule has 2 aliphatic carbocycles. The van der Waals surface area contributed by atoms with Gasteiger partial charge in [-0.3, -0.25) is 24.0 Å². The molecule has 1 aliphatic heterocycles. The Morgan fingerprint density at radius 1 is 1.23 bits per heavy atom. The van der Waals surface area contributed by atoms with E-state index in [1.54, 1.807) is 6.92 Å². The normalized spacial score (nSPS) is 30.1. The van der Waals surface area contributed by atoms with Gasteiger partial charge in [0.05, 0.1) is 23.4 Å². The third kappa shape index (κ3) is 3.46. The van der Waals surface area contributed by atoms with E-state index in [0.29, 0.717) is 5.69 Å². The summed E-state index contributed by atoms with van der Waals surface area (Å²) in [6, 6.07) is -1.14. The van der Waals surface area contributed by atoms with E-state index in [9.17, 15) is 22.8 Å². The molecule has 3 aliphatic rings. The lowest BCUT2D eigenvalue weighted by molar-refractivity contribution is -0.344. The Labute approximate surface area is 168 Å². The van der Waals surface area contributed by atoms with Crippen LogP contribution in [0, 0.1) is 5.92 Å². The fourth-order valence-electron chi connectivity index (χ4n) is 4.73. The first-order chi connectivity index (χ1) is 14.0. The first kappa shape index (κ1) is 21.1. The predicted molar refractivity (Wildman–Crippen MR) is 99.1 cm³/mol. The molecule has 0 aromatic carbocycles. The molecule has 1 saturated heterocycles. The number of rotatable bonds is 4. The molecule has 2 fully saturated rings. The fourth-order valence-corrected chi connectivity index (χ4v) is 4.73. The summed E-state index contributed by atoms with van der Waals surface area (Å²) in [5.41, 5.74) is 10.1. The SMILES string of the molecule is CC1c2c(c(=O)[nH]c(=O)n2C2CC2)C(N)=C(F)C1N1CC(CN)C(OC(F)(F)F)C1. The number of halogens is 4. The lowest BCUT2D eigenvalue weighted by Crippen LogP contribution is -2.47. The Bertz CT molecular complexity index is 997. The van der Waals surface area contributed by atoms with Crippen LogP contribution in [0.5, 0.6) is 0 Å². The molecule has 1 aromatic heterocycles. The van der Waals surface area contributed by atoms with Crippen LogP contribution in [0.2, 0.25) is 0 Å². The summed E-state index contributed by atoms with van der Waals surface area (Å²) < 4.78 is 59.3. The minimum atomic E-state index is -4.84. The average molecular weight is 433 g/mol. The zero-order chi connectivity index (χ0) is 22.0. The van der Waals surface area contributed by atoms with Gasteiger partial charge in [0.1, 0.15) is 5.83 Å². The molecule has 8 nitrogen and oxygen atoms in total. The molecular formula is C18H23F4N5O3. The number of H-pyrrole nitrogens is 1. The third-order valence-electron chi connectivity index (χ3n) is 6.18. The van der Waals surface area contributed by atoms with Gasteiger partial charge in [0.2, 0.25) is 0 Å². The molecule has 4 rings (SSSR count). The monoisotopic (exact) mass is 433 g/mol. The molecule has 0 radical (unpaired) electrons. The van der Waals surface area contributed by atoms with Crippen LogP contribution >= 0.6 is 0 Å². The molecule has 12 heteroatoms. The number of nitrogens with zero attached hydrogens (tertiary/aromatic N) is 2. The van der Waals surface area contributed by atoms with E-state index in [1.165, 1.54) is 9.47 Å². The van der Waals surface area contributed by atoms with E-state index in [2.05, 4.69) is 9.72 Å². The Kier molecular flexibility index (Phi) is 5.06. The van der Waals surface area contributed by atoms with E-state index in [0.717, 1.165) is 12.8 Å². The summed E-state index contributed by atoms with van der Waals surface area (Å²) >= 11 is 0. The maximum absolute atomic E-state index is 15.3. The van der Waals surface area contributed by atoms with Crippen molar-refractivity contribution in [2.45, 2.75) is 50.2 Å². The van der Waals surface area contributed by atoms with Gasteiger partial charge < -0.3 is 11.5 Å². The second-order valence-electron chi connectivity index (χ2n) is 8.17. The number of hydrogen-bond acceptors (Lipinski definition) is 6. The van der Waals surface area contributed by atoms with Crippen molar-refractivity contribution >= 4 is 5.70 Å². The topological polar surface area (TPSA) is 119 Å². The highest BCUT2D eigenvalue weighted by Gasteiger charge is 2.48. The van der Waals surface area contributed by atoms with Gasteiger partial charge in [-0.1, -0.05) is 6.92 Å². The molecule has 5 N–H and O–H groups in total. The van der Waals surface area contributed by atoms with Gasteiger partial charge in [0.15, 0.2) is 0 Å². The van der Waals surface area contributed by atoms with Crippen molar-refractivity contribution in [3.8, 4) is 0 Å². The van der Waals surface area contributed by atoms with Crippen LogP contribution in [-0.2, 0) is 4.74 Å². The van der Waals surface area contributed by atoms with E-state index < -0.39 is 53.1 Å². The lowest BCUT2D eigenvalue weighted by atomic mass is 9.85. The van der Waals surface area contributed by atoms with Gasteiger partial charge >= 0.3 is 12.1 Å². The Morgan fingerprint density at radius 3 is 2.47 bits per heavy atom. The number of ether oxygens (including phenoxy) is 1. The van der Waals surface area contributed by atoms with Crippen molar-refractivity contribution in [1.82, 2.24) is 14.5 Å². The molecule has 1 saturated carbocycles. The summed E-state index contributed by atoms with van der Waals surface area (Å²) in [6.07, 6.45) is -4.61. The van der Waals surface area contributed by atoms with Crippen LogP contribution in [0.3, 0.4) is 0 Å². The maximum Gasteiger partial charge on any atom is 0.522 e. The van der Waals surface area contributed by atoms with Crippen LogP contribution in [-0.4, -0.2) is 52.6 Å². The number of nitrogens with one attached hydrogen (secondary N) is 1. The molecule has 166 valence electrons. The third-order valence-corrected chi connectivity index (χ3v) is 6.18. The zero-order valence-corrected chi connectivity index (χ0v) is 16.2. The largest absolute Gasteiger partial charge is 0.522 e. The van der Waals surface area contributed by atoms with Gasteiger partial charge in [0.25, 0.3) is 5.56 Å². The second-order valence-corrected chi connectivity index (χ2v) is 8.17. The first-order valence-corrected chi connectivity index (χ1v) is 9.76. The smallest absolute Gasteiger partial charge is 0.396 e. The number of aromatic nitrogens is 2. The highest BCUT2D eigenvalue weighted by molar-refractivity contribution is 5.70. The standard InChI is InChI=1S/C18H23F4N5O3/c1-7-14-11(16(28)25-17(29)27(14)9-2-3-9)13(24)12(19)15(7)26-5-8(4-23)10(6-26)30-18(20,21)22/h7-10,15H,2-6,23-24H2,1H3,(H,25,28,29). The summed E-state index contributed by atoms with van der Waals surface area (Å²) in [6.45, 7) is 1.44. The summed E-state index contributed by atoms with van der Waals surface area (Å²) in [5, 5.41) is 0. The Morgan fingerprint density at radius 2 is 1.90 bits per heavy atom. The van der Waals surface area contributed by atoms with Crippen LogP contribution in [0.15, 0.2) is 15.4 Å². The lowest BCUT2D eigenvalue weighted by Gasteiger charge is -2.37. The number of nitrogens with two attached hydrogens (primary N) is 2. The summed E-state index contributed by atoms with van der Waals surface area (Å²) in [4.78, 5) is 28.5. The Balaban J connectivity index is 1.75. The molecule has 0 bridgehead atoms. The molecule has 2 heterocycles. The minimum Gasteiger partial charge on any atom is -0.396 e. The number of hydrogen-bond donors (Lipinski definition) is 3. The van der Waals surface area contributed by atoms with E-state index in [4.69, 9.17) is 11.5 Å². The summed E-state index contributed by atoms with van der Waals surface area (Å²) in [7, 11) is 0. The van der Waals surface area contributed by atoms with Gasteiger partial charge in [-0.2, -0.15) is 0 Å². The van der Waals surface area contributed by atoms with Crippen LogP contribution in [0.1, 0.15) is 43.0 Å². The maximum atomic E-state index is 15.3. The van der Waals surface area contributed by atoms with Crippen molar-refractivity contribution in [3.63, 3.8) is 0 Å². The van der Waals surface area contributed by atoms with Gasteiger partial charge in [-0.05, 0) is 19.4 Å². The molecular weight excluding hydrogens is 410 g/mol. The van der Waals surface area contributed by atoms with Crippen molar-refractivity contribution in [3.05, 3.63) is 37.9 Å². The number of alkyl halides is 3. The number of aromatic amines is 1. The highest BCUT2D eigenvalue weighted by Crippen LogP contribution is 2.44. The van der Waals surface area contributed by atoms with Crippen LogP contribution in [0.4, 0.5) is 17.6 Å². The van der Waals surface area contributed by atoms with Gasteiger partial charge in [0, 0.05) is 36.7 Å². The zero-order valence-electron chi connectivity index (χ0n) is 16.2. The predicted octanol–water partition coefficient (Wildman–Crippen LogP) is 0.750. The van der Waals surface area contributed by atoms with Crippen LogP contribution < -0.4 is 22.7 Å². The molecule has 1 aromatic rings. The van der Waals surface area contributed by atoms with E-state index >= 15 is 4.39 Å². The van der Waals surface area contributed by atoms with Crippen molar-refractivity contribution in [2.24, 2.45) is 17.4 Å². The van der Waals surface area contributed by atoms with E-state index in [-0.39, 0.29) is 31.2 Å². The van der Waals surface area contributed by atoms with Gasteiger partial charge in [-0.25, -0.2) is 9.18 Å². The molecule has 30 heavy (non-hydrogen) atoms. The Hall–Kier alpha value is -2.18. The van der Waals surface area contributed by atoms with Gasteiger partial charge in [-0.15, -0.1) is 13.2 Å². The highest BCUT2D eigenvalue weighted by atomic mass is 19.4. The molecule has 4 atom stereocenters. The minimum absolute atomic E-state index is 0.0673.